The summed E-state index contributed by atoms with van der Waals surface area (Å²) < 4.78 is 0. The average molecular weight is 355 g/mol. The van der Waals surface area contributed by atoms with Gasteiger partial charge in [0.15, 0.2) is 0 Å². The van der Waals surface area contributed by atoms with Gasteiger partial charge in [-0.3, -0.25) is 9.59 Å². The highest BCUT2D eigenvalue weighted by atomic mass is 32.1. The first kappa shape index (κ1) is 21.3. The normalized spacial score (nSPS) is 21.0. The number of carboxylic acid groups (broad SMARTS) is 1. The molecule has 0 spiro atoms. The second-order valence-electron chi connectivity index (χ2n) is 6.98. The summed E-state index contributed by atoms with van der Waals surface area (Å²) in [6.07, 6.45) is 17.5. The highest BCUT2D eigenvalue weighted by molar-refractivity contribution is 7.80. The molecule has 0 aliphatic heterocycles. The fourth-order valence-corrected chi connectivity index (χ4v) is 3.76. The van der Waals surface area contributed by atoms with E-state index in [2.05, 4.69) is 24.8 Å². The Hall–Kier alpha value is -0.770. The van der Waals surface area contributed by atoms with Crippen molar-refractivity contribution in [2.45, 2.75) is 83.5 Å². The van der Waals surface area contributed by atoms with Crippen LogP contribution in [0.3, 0.4) is 0 Å². The number of aliphatic carboxylic acids is 1. The van der Waals surface area contributed by atoms with Gasteiger partial charge in [0.05, 0.1) is 0 Å². The van der Waals surface area contributed by atoms with Crippen LogP contribution in [0.15, 0.2) is 12.2 Å². The molecule has 1 saturated carbocycles. The van der Waals surface area contributed by atoms with Gasteiger partial charge >= 0.3 is 5.97 Å². The number of carboxylic acids is 1. The lowest BCUT2D eigenvalue weighted by Crippen LogP contribution is -2.13. The molecule has 1 rings (SSSR count). The quantitative estimate of drug-likeness (QED) is 0.248. The maximum Gasteiger partial charge on any atom is 0.303 e. The van der Waals surface area contributed by atoms with Crippen LogP contribution in [0.1, 0.15) is 83.5 Å². The Bertz CT molecular complexity index is 392. The van der Waals surface area contributed by atoms with E-state index >= 15 is 0 Å². The van der Waals surface area contributed by atoms with E-state index in [9.17, 15) is 9.59 Å². The van der Waals surface area contributed by atoms with Gasteiger partial charge in [-0.05, 0) is 50.2 Å². The van der Waals surface area contributed by atoms with Crippen molar-refractivity contribution in [2.75, 3.05) is 5.75 Å². The molecule has 4 heteroatoms. The summed E-state index contributed by atoms with van der Waals surface area (Å²) in [5.41, 5.74) is 0. The van der Waals surface area contributed by atoms with Crippen LogP contribution in [0.25, 0.3) is 0 Å². The van der Waals surface area contributed by atoms with Crippen molar-refractivity contribution in [3.63, 3.8) is 0 Å². The number of carbonyl (C=O) groups excluding carboxylic acids is 1. The van der Waals surface area contributed by atoms with Gasteiger partial charge in [-0.15, -0.1) is 0 Å². The summed E-state index contributed by atoms with van der Waals surface area (Å²) in [5.74, 6) is 1.36. The van der Waals surface area contributed by atoms with E-state index < -0.39 is 5.97 Å². The maximum atomic E-state index is 12.1. The Morgan fingerprint density at radius 3 is 2.54 bits per heavy atom. The minimum absolute atomic E-state index is 0.213. The lowest BCUT2D eigenvalue weighted by atomic mass is 9.89. The summed E-state index contributed by atoms with van der Waals surface area (Å²) in [6, 6.07) is 0. The molecular weight excluding hydrogens is 320 g/mol. The molecular formula is C20H34O3S. The van der Waals surface area contributed by atoms with Crippen molar-refractivity contribution >= 4 is 24.4 Å². The topological polar surface area (TPSA) is 54.4 Å². The zero-order valence-corrected chi connectivity index (χ0v) is 15.8. The monoisotopic (exact) mass is 354 g/mol. The molecule has 0 heterocycles. The molecule has 3 nitrogen and oxygen atoms in total. The minimum atomic E-state index is -0.711. The number of hydrogen-bond acceptors (Lipinski definition) is 3. The van der Waals surface area contributed by atoms with Crippen LogP contribution in [0, 0.1) is 11.8 Å². The van der Waals surface area contributed by atoms with Gasteiger partial charge in [-0.1, -0.05) is 44.3 Å². The number of rotatable bonds is 14. The standard InChI is InChI=1S/C20H34O3S/c21-19-15-14-17(11-7-3-1-2-6-10-16-24)18(19)12-8-4-5-9-13-20(22)23/h7,11,17-18,24H,1-6,8-10,12-16H2,(H,22,23)/t17-,18+/m0/s1. The first-order valence-corrected chi connectivity index (χ1v) is 10.3. The summed E-state index contributed by atoms with van der Waals surface area (Å²) in [7, 11) is 0. The largest absolute Gasteiger partial charge is 0.481 e. The Morgan fingerprint density at radius 1 is 1.08 bits per heavy atom. The Balaban J connectivity index is 2.17. The van der Waals surface area contributed by atoms with Crippen molar-refractivity contribution in [2.24, 2.45) is 11.8 Å². The zero-order valence-electron chi connectivity index (χ0n) is 14.9. The molecule has 1 aliphatic rings. The summed E-state index contributed by atoms with van der Waals surface area (Å²) in [6.45, 7) is 0. The van der Waals surface area contributed by atoms with Gasteiger partial charge in [-0.2, -0.15) is 12.6 Å². The molecule has 0 aromatic heterocycles. The molecule has 0 amide bonds. The first-order valence-electron chi connectivity index (χ1n) is 9.67. The van der Waals surface area contributed by atoms with Crippen LogP contribution >= 0.6 is 12.6 Å². The SMILES string of the molecule is O=C(O)CCCCCC[C@H]1C(=O)CC[C@@H]1C=CCCCCCCS. The van der Waals surface area contributed by atoms with Gasteiger partial charge in [0.25, 0.3) is 0 Å². The predicted octanol–water partition coefficient (Wildman–Crippen LogP) is 5.44. The second-order valence-corrected chi connectivity index (χ2v) is 7.42. The minimum Gasteiger partial charge on any atom is -0.481 e. The molecule has 1 fully saturated rings. The number of hydrogen-bond donors (Lipinski definition) is 2. The number of thiol groups is 1. The molecule has 2 atom stereocenters. The van der Waals surface area contributed by atoms with Crippen molar-refractivity contribution in [3.05, 3.63) is 12.2 Å². The van der Waals surface area contributed by atoms with Gasteiger partial charge in [0.2, 0.25) is 0 Å². The molecule has 24 heavy (non-hydrogen) atoms. The third-order valence-corrected chi connectivity index (χ3v) is 5.29. The van der Waals surface area contributed by atoms with Crippen LogP contribution in [-0.2, 0) is 9.59 Å². The van der Waals surface area contributed by atoms with Gasteiger partial charge < -0.3 is 5.11 Å². The van der Waals surface area contributed by atoms with Crippen molar-refractivity contribution in [3.8, 4) is 0 Å². The van der Waals surface area contributed by atoms with Crippen LogP contribution in [0.4, 0.5) is 0 Å². The number of ketones is 1. The Labute approximate surface area is 152 Å². The Morgan fingerprint density at radius 2 is 1.79 bits per heavy atom. The Kier molecular flexibility index (Phi) is 12.0. The highest BCUT2D eigenvalue weighted by Gasteiger charge is 2.31. The fourth-order valence-electron chi connectivity index (χ4n) is 3.53. The molecule has 0 aromatic rings. The van der Waals surface area contributed by atoms with E-state index in [0.717, 1.165) is 57.1 Å². The van der Waals surface area contributed by atoms with Crippen LogP contribution in [0.2, 0.25) is 0 Å². The van der Waals surface area contributed by atoms with Gasteiger partial charge in [0, 0.05) is 18.8 Å². The molecule has 0 unspecified atom stereocenters. The number of carbonyl (C=O) groups is 2. The van der Waals surface area contributed by atoms with Crippen molar-refractivity contribution in [1.82, 2.24) is 0 Å². The third kappa shape index (κ3) is 9.51. The number of Topliss-reactive ketones (excluding diaryl/α,β-unsaturated/α-hetero) is 1. The van der Waals surface area contributed by atoms with Gasteiger partial charge in [-0.25, -0.2) is 0 Å². The molecule has 1 N–H and O–H groups in total. The number of allylic oxidation sites excluding steroid dienone is 2. The summed E-state index contributed by atoms with van der Waals surface area (Å²) in [5, 5.41) is 8.62. The highest BCUT2D eigenvalue weighted by Crippen LogP contribution is 2.34. The van der Waals surface area contributed by atoms with E-state index in [1.165, 1.54) is 25.7 Å². The molecule has 138 valence electrons. The van der Waals surface area contributed by atoms with E-state index in [1.54, 1.807) is 0 Å². The van der Waals surface area contributed by atoms with Crippen molar-refractivity contribution in [1.29, 1.82) is 0 Å². The molecule has 0 bridgehead atoms. The van der Waals surface area contributed by atoms with Gasteiger partial charge in [0.1, 0.15) is 5.78 Å². The number of unbranched alkanes of at least 4 members (excludes halogenated alkanes) is 7. The second kappa shape index (κ2) is 13.5. The summed E-state index contributed by atoms with van der Waals surface area (Å²) >= 11 is 4.22. The van der Waals surface area contributed by atoms with Crippen LogP contribution in [-0.4, -0.2) is 22.6 Å². The third-order valence-electron chi connectivity index (χ3n) is 4.97. The van der Waals surface area contributed by atoms with E-state index in [1.807, 2.05) is 0 Å². The van der Waals surface area contributed by atoms with E-state index in [-0.39, 0.29) is 12.3 Å². The van der Waals surface area contributed by atoms with Crippen LogP contribution < -0.4 is 0 Å². The fraction of sp³-hybridized carbons (Fsp3) is 0.800. The smallest absolute Gasteiger partial charge is 0.303 e. The molecule has 0 radical (unpaired) electrons. The molecule has 0 saturated heterocycles. The first-order chi connectivity index (χ1) is 11.6. The predicted molar refractivity (Wildman–Crippen MR) is 103 cm³/mol. The lowest BCUT2D eigenvalue weighted by molar-refractivity contribution is -0.137. The zero-order chi connectivity index (χ0) is 17.6. The average Bonchev–Trinajstić information content (AvgIpc) is 2.90. The molecule has 1 aliphatic carbocycles. The lowest BCUT2D eigenvalue weighted by Gasteiger charge is -2.14. The maximum absolute atomic E-state index is 12.1. The molecule has 0 aromatic carbocycles. The summed E-state index contributed by atoms with van der Waals surface area (Å²) in [4.78, 5) is 22.6. The van der Waals surface area contributed by atoms with Crippen LogP contribution in [0.5, 0.6) is 0 Å². The van der Waals surface area contributed by atoms with E-state index in [0.29, 0.717) is 11.7 Å². The van der Waals surface area contributed by atoms with Crippen molar-refractivity contribution < 1.29 is 14.7 Å². The van der Waals surface area contributed by atoms with E-state index in [4.69, 9.17) is 5.11 Å².